The summed E-state index contributed by atoms with van der Waals surface area (Å²) < 4.78 is 50.3. The fraction of sp³-hybridized carbons (Fsp3) is 0.400. The topological polar surface area (TPSA) is 154 Å². The Morgan fingerprint density at radius 2 is 1.81 bits per heavy atom. The van der Waals surface area contributed by atoms with Crippen molar-refractivity contribution in [3.63, 3.8) is 0 Å². The molecule has 36 heavy (non-hydrogen) atoms. The SMILES string of the molecule is Cc1cc(Nc2cc(N3CCOCC3)nc(N[C@@H](C)c3ncc(F)cn3)n2)n[nH]1.O=C(O)C(F)(F)F. The number of hydrogen-bond donors (Lipinski definition) is 4. The van der Waals surface area contributed by atoms with Gasteiger partial charge in [-0.25, -0.2) is 19.2 Å². The van der Waals surface area contributed by atoms with Gasteiger partial charge in [-0.2, -0.15) is 28.2 Å². The van der Waals surface area contributed by atoms with E-state index in [0.29, 0.717) is 36.6 Å². The number of hydrogen-bond acceptors (Lipinski definition) is 10. The molecule has 16 heteroatoms. The second-order valence-corrected chi connectivity index (χ2v) is 7.52. The number of alkyl halides is 3. The van der Waals surface area contributed by atoms with Gasteiger partial charge in [0.05, 0.1) is 31.6 Å². The van der Waals surface area contributed by atoms with Crippen LogP contribution in [0, 0.1) is 12.7 Å². The number of carboxylic acid groups (broad SMARTS) is 1. The number of rotatable bonds is 6. The molecule has 0 saturated carbocycles. The van der Waals surface area contributed by atoms with Crippen molar-refractivity contribution in [3.8, 4) is 0 Å². The Morgan fingerprint density at radius 1 is 1.17 bits per heavy atom. The average molecular weight is 513 g/mol. The third kappa shape index (κ3) is 7.72. The first kappa shape index (κ1) is 26.5. The standard InChI is InChI=1S/C18H22FN9O.C2HF3O2/c1-11-7-15(27-26-11)23-14-8-16(28-3-5-29-6-4-28)25-18(24-14)22-12(2)17-20-9-13(19)10-21-17;3-2(4,5)1(6)7/h7-10,12H,3-6H2,1-2H3,(H3,22,23,24,25,26,27);(H,6,7)/t12-;/m0./s1. The van der Waals surface area contributed by atoms with Crippen molar-refractivity contribution < 1.29 is 32.2 Å². The molecule has 194 valence electrons. The zero-order valence-electron chi connectivity index (χ0n) is 19.2. The maximum atomic E-state index is 13.1. The summed E-state index contributed by atoms with van der Waals surface area (Å²) >= 11 is 0. The zero-order chi connectivity index (χ0) is 26.3. The maximum Gasteiger partial charge on any atom is 0.490 e. The van der Waals surface area contributed by atoms with E-state index >= 15 is 0 Å². The number of H-pyrrole nitrogens is 1. The number of morpholine rings is 1. The van der Waals surface area contributed by atoms with Crippen LogP contribution in [0.3, 0.4) is 0 Å². The summed E-state index contributed by atoms with van der Waals surface area (Å²) in [5.74, 6) is -0.348. The van der Waals surface area contributed by atoms with Crippen molar-refractivity contribution in [1.29, 1.82) is 0 Å². The first-order chi connectivity index (χ1) is 17.0. The highest BCUT2D eigenvalue weighted by molar-refractivity contribution is 5.73. The molecule has 0 aromatic carbocycles. The molecule has 4 N–H and O–H groups in total. The number of anilines is 4. The lowest BCUT2D eigenvalue weighted by atomic mass is 10.3. The Morgan fingerprint density at radius 3 is 2.36 bits per heavy atom. The van der Waals surface area contributed by atoms with Crippen molar-refractivity contribution >= 4 is 29.4 Å². The maximum absolute atomic E-state index is 13.1. The summed E-state index contributed by atoms with van der Waals surface area (Å²) in [5.41, 5.74) is 0.940. The van der Waals surface area contributed by atoms with Crippen molar-refractivity contribution in [2.45, 2.75) is 26.1 Å². The smallest absolute Gasteiger partial charge is 0.475 e. The van der Waals surface area contributed by atoms with E-state index in [0.717, 1.165) is 37.0 Å². The van der Waals surface area contributed by atoms with Crippen LogP contribution in [0.5, 0.6) is 0 Å². The van der Waals surface area contributed by atoms with Gasteiger partial charge in [0.15, 0.2) is 11.6 Å². The predicted molar refractivity (Wildman–Crippen MR) is 119 cm³/mol. The largest absolute Gasteiger partial charge is 0.490 e. The van der Waals surface area contributed by atoms with Crippen molar-refractivity contribution in [1.82, 2.24) is 30.1 Å². The molecule has 1 aliphatic rings. The molecular formula is C20H23F4N9O3. The van der Waals surface area contributed by atoms with Crippen molar-refractivity contribution in [3.05, 3.63) is 41.9 Å². The van der Waals surface area contributed by atoms with Gasteiger partial charge in [0.1, 0.15) is 17.5 Å². The minimum atomic E-state index is -5.08. The summed E-state index contributed by atoms with van der Waals surface area (Å²) in [4.78, 5) is 28.2. The molecule has 1 aliphatic heterocycles. The molecular weight excluding hydrogens is 490 g/mol. The van der Waals surface area contributed by atoms with E-state index in [-0.39, 0.29) is 6.04 Å². The highest BCUT2D eigenvalue weighted by Gasteiger charge is 2.38. The van der Waals surface area contributed by atoms with Crippen LogP contribution in [0.25, 0.3) is 0 Å². The van der Waals surface area contributed by atoms with Crippen LogP contribution in [0.15, 0.2) is 24.5 Å². The lowest BCUT2D eigenvalue weighted by molar-refractivity contribution is -0.192. The van der Waals surface area contributed by atoms with Gasteiger partial charge in [0, 0.05) is 30.9 Å². The summed E-state index contributed by atoms with van der Waals surface area (Å²) in [6.45, 7) is 6.57. The molecule has 0 spiro atoms. The van der Waals surface area contributed by atoms with Gasteiger partial charge in [-0.05, 0) is 13.8 Å². The number of aryl methyl sites for hydroxylation is 1. The number of aliphatic carboxylic acids is 1. The van der Waals surface area contributed by atoms with E-state index in [1.54, 1.807) is 0 Å². The Balaban J connectivity index is 0.000000454. The number of aromatic amines is 1. The van der Waals surface area contributed by atoms with E-state index < -0.39 is 18.0 Å². The molecule has 1 atom stereocenters. The van der Waals surface area contributed by atoms with Crippen LogP contribution in [0.4, 0.5) is 41.0 Å². The normalized spacial score (nSPS) is 14.4. The predicted octanol–water partition coefficient (Wildman–Crippen LogP) is 2.82. The Labute approximate surface area is 202 Å². The van der Waals surface area contributed by atoms with Gasteiger partial charge < -0.3 is 25.4 Å². The highest BCUT2D eigenvalue weighted by Crippen LogP contribution is 2.23. The summed E-state index contributed by atoms with van der Waals surface area (Å²) in [6, 6.07) is 3.45. The number of carbonyl (C=O) groups is 1. The van der Waals surface area contributed by atoms with Gasteiger partial charge >= 0.3 is 12.1 Å². The van der Waals surface area contributed by atoms with E-state index in [1.807, 2.05) is 26.0 Å². The number of nitrogens with zero attached hydrogens (tertiary/aromatic N) is 6. The third-order valence-electron chi connectivity index (χ3n) is 4.63. The molecule has 3 aromatic heterocycles. The minimum absolute atomic E-state index is 0.309. The Hall–Kier alpha value is -4.08. The molecule has 4 heterocycles. The second-order valence-electron chi connectivity index (χ2n) is 7.52. The minimum Gasteiger partial charge on any atom is -0.475 e. The molecule has 1 saturated heterocycles. The molecule has 0 amide bonds. The number of aromatic nitrogens is 6. The van der Waals surface area contributed by atoms with E-state index in [9.17, 15) is 17.6 Å². The average Bonchev–Trinajstić information content (AvgIpc) is 3.24. The zero-order valence-corrected chi connectivity index (χ0v) is 19.2. The van der Waals surface area contributed by atoms with Crippen LogP contribution < -0.4 is 15.5 Å². The van der Waals surface area contributed by atoms with E-state index in [1.165, 1.54) is 0 Å². The monoisotopic (exact) mass is 513 g/mol. The quantitative estimate of drug-likeness (QED) is 0.360. The van der Waals surface area contributed by atoms with Crippen LogP contribution in [-0.2, 0) is 9.53 Å². The number of carboxylic acids is 1. The summed E-state index contributed by atoms with van der Waals surface area (Å²) in [6.07, 6.45) is -2.81. The number of halogens is 4. The fourth-order valence-electron chi connectivity index (χ4n) is 2.93. The second kappa shape index (κ2) is 11.6. The van der Waals surface area contributed by atoms with Gasteiger partial charge in [0.25, 0.3) is 0 Å². The van der Waals surface area contributed by atoms with Gasteiger partial charge in [-0.1, -0.05) is 0 Å². The molecule has 0 bridgehead atoms. The van der Waals surface area contributed by atoms with Crippen molar-refractivity contribution in [2.75, 3.05) is 41.8 Å². The molecule has 0 unspecified atom stereocenters. The van der Waals surface area contributed by atoms with E-state index in [4.69, 9.17) is 14.6 Å². The summed E-state index contributed by atoms with van der Waals surface area (Å²) in [7, 11) is 0. The van der Waals surface area contributed by atoms with E-state index in [2.05, 4.69) is 45.7 Å². The Bertz CT molecular complexity index is 1150. The lowest BCUT2D eigenvalue weighted by Crippen LogP contribution is -2.37. The van der Waals surface area contributed by atoms with Crippen LogP contribution in [0.2, 0.25) is 0 Å². The third-order valence-corrected chi connectivity index (χ3v) is 4.63. The molecule has 12 nitrogen and oxygen atoms in total. The van der Waals surface area contributed by atoms with Gasteiger partial charge in [-0.3, -0.25) is 5.10 Å². The van der Waals surface area contributed by atoms with Crippen LogP contribution >= 0.6 is 0 Å². The van der Waals surface area contributed by atoms with Crippen LogP contribution in [0.1, 0.15) is 24.5 Å². The Kier molecular flexibility index (Phi) is 8.52. The molecule has 4 rings (SSSR count). The summed E-state index contributed by atoms with van der Waals surface area (Å²) in [5, 5.41) is 20.6. The van der Waals surface area contributed by atoms with Gasteiger partial charge in [-0.15, -0.1) is 0 Å². The first-order valence-corrected chi connectivity index (χ1v) is 10.6. The molecule has 0 radical (unpaired) electrons. The molecule has 3 aromatic rings. The highest BCUT2D eigenvalue weighted by atomic mass is 19.4. The number of ether oxygens (including phenoxy) is 1. The fourth-order valence-corrected chi connectivity index (χ4v) is 2.93. The first-order valence-electron chi connectivity index (χ1n) is 10.6. The number of nitrogens with one attached hydrogen (secondary N) is 3. The lowest BCUT2D eigenvalue weighted by Gasteiger charge is -2.28. The van der Waals surface area contributed by atoms with Crippen molar-refractivity contribution in [2.24, 2.45) is 0 Å². The molecule has 1 fully saturated rings. The van der Waals surface area contributed by atoms with Crippen LogP contribution in [-0.4, -0.2) is 73.7 Å². The molecule has 0 aliphatic carbocycles. The van der Waals surface area contributed by atoms with Gasteiger partial charge in [0.2, 0.25) is 5.95 Å².